The number of carbonyl (C=O) groups excluding carboxylic acids is 2. The lowest BCUT2D eigenvalue weighted by molar-refractivity contribution is -0.130. The van der Waals surface area contributed by atoms with E-state index in [9.17, 15) is 9.59 Å². The molecule has 1 aliphatic rings. The molecule has 0 atom stereocenters. The SMILES string of the molecule is C.Cc1ccc(-c2ccsc2)cc1N(CC(=O)NCCCC(C)C)CC(=O)N(C)C1Cc2ccccc2C1. The highest BCUT2D eigenvalue weighted by atomic mass is 32.1. The molecule has 0 saturated heterocycles. The molecule has 0 bridgehead atoms. The third-order valence-corrected chi connectivity index (χ3v) is 8.00. The lowest BCUT2D eigenvalue weighted by Crippen LogP contribution is -2.47. The Labute approximate surface area is 232 Å². The number of fused-ring (bicyclic) bond motifs is 1. The van der Waals surface area contributed by atoms with Gasteiger partial charge >= 0.3 is 0 Å². The molecule has 1 heterocycles. The number of hydrogen-bond donors (Lipinski definition) is 1. The van der Waals surface area contributed by atoms with Gasteiger partial charge in [0.1, 0.15) is 0 Å². The van der Waals surface area contributed by atoms with Crippen LogP contribution in [0.15, 0.2) is 59.3 Å². The van der Waals surface area contributed by atoms with E-state index in [4.69, 9.17) is 0 Å². The lowest BCUT2D eigenvalue weighted by Gasteiger charge is -2.30. The number of aryl methyl sites for hydroxylation is 1. The number of nitrogens with zero attached hydrogens (tertiary/aromatic N) is 2. The minimum absolute atomic E-state index is 0. The summed E-state index contributed by atoms with van der Waals surface area (Å²) in [5.41, 5.74) is 6.87. The molecule has 3 aromatic rings. The Morgan fingerprint density at radius 2 is 1.74 bits per heavy atom. The third kappa shape index (κ3) is 7.47. The number of nitrogens with one attached hydrogen (secondary N) is 1. The Hall–Kier alpha value is -3.12. The van der Waals surface area contributed by atoms with Gasteiger partial charge in [-0.15, -0.1) is 0 Å². The standard InChI is InChI=1S/C31H39N3O2S.CH4/c1-22(2)8-7-14-32-30(35)19-34(29-18-26(12-11-23(29)3)27-13-15-37-21-27)20-31(36)33(4)28-16-24-9-5-6-10-25(24)17-28;/h5-6,9-13,15,18,21-22,28H,7-8,14,16-17,19-20H2,1-4H3,(H,32,35);1H4. The van der Waals surface area contributed by atoms with Crippen molar-refractivity contribution < 1.29 is 9.59 Å². The van der Waals surface area contributed by atoms with E-state index in [1.165, 1.54) is 11.1 Å². The lowest BCUT2D eigenvalue weighted by atomic mass is 10.0. The summed E-state index contributed by atoms with van der Waals surface area (Å²) in [5, 5.41) is 7.25. The number of thiophene rings is 1. The van der Waals surface area contributed by atoms with Crippen molar-refractivity contribution in [1.82, 2.24) is 10.2 Å². The largest absolute Gasteiger partial charge is 0.355 e. The summed E-state index contributed by atoms with van der Waals surface area (Å²) < 4.78 is 0. The van der Waals surface area contributed by atoms with Gasteiger partial charge < -0.3 is 15.1 Å². The number of carbonyl (C=O) groups is 2. The van der Waals surface area contributed by atoms with Crippen LogP contribution in [0.4, 0.5) is 5.69 Å². The Morgan fingerprint density at radius 3 is 2.37 bits per heavy atom. The first-order valence-corrected chi connectivity index (χ1v) is 14.2. The first-order chi connectivity index (χ1) is 17.8. The molecule has 1 aromatic heterocycles. The minimum atomic E-state index is -0.0483. The van der Waals surface area contributed by atoms with Crippen LogP contribution in [0.2, 0.25) is 0 Å². The topological polar surface area (TPSA) is 52.7 Å². The normalized spacial score (nSPS) is 12.7. The number of amides is 2. The second-order valence-corrected chi connectivity index (χ2v) is 11.4. The average Bonchev–Trinajstić information content (AvgIpc) is 3.56. The fourth-order valence-electron chi connectivity index (χ4n) is 5.04. The van der Waals surface area contributed by atoms with Crippen LogP contribution >= 0.6 is 11.3 Å². The summed E-state index contributed by atoms with van der Waals surface area (Å²) in [6.07, 6.45) is 3.79. The maximum absolute atomic E-state index is 13.6. The molecule has 0 spiro atoms. The van der Waals surface area contributed by atoms with Crippen LogP contribution in [0.25, 0.3) is 11.1 Å². The van der Waals surface area contributed by atoms with Crippen molar-refractivity contribution in [3.63, 3.8) is 0 Å². The molecule has 2 amide bonds. The van der Waals surface area contributed by atoms with Crippen molar-refractivity contribution >= 4 is 28.8 Å². The van der Waals surface area contributed by atoms with Crippen LogP contribution in [-0.4, -0.2) is 49.4 Å². The average molecular weight is 534 g/mol. The van der Waals surface area contributed by atoms with Crippen LogP contribution in [0.3, 0.4) is 0 Å². The number of rotatable bonds is 11. The van der Waals surface area contributed by atoms with Crippen molar-refractivity contribution in [3.8, 4) is 11.1 Å². The van der Waals surface area contributed by atoms with E-state index in [1.807, 2.05) is 23.8 Å². The molecule has 1 N–H and O–H groups in total. The molecular formula is C32H43N3O2S. The van der Waals surface area contributed by atoms with Crippen LogP contribution in [-0.2, 0) is 22.4 Å². The summed E-state index contributed by atoms with van der Waals surface area (Å²) in [4.78, 5) is 30.4. The van der Waals surface area contributed by atoms with E-state index in [2.05, 4.69) is 78.5 Å². The first kappa shape index (κ1) is 29.4. The Kier molecular flexibility index (Phi) is 10.5. The van der Waals surface area contributed by atoms with Gasteiger partial charge in [-0.25, -0.2) is 0 Å². The van der Waals surface area contributed by atoms with Gasteiger partial charge in [-0.05, 0) is 89.2 Å². The van der Waals surface area contributed by atoms with Crippen molar-refractivity contribution in [3.05, 3.63) is 76.0 Å². The predicted molar refractivity (Wildman–Crippen MR) is 161 cm³/mol. The van der Waals surface area contributed by atoms with Crippen LogP contribution in [0.5, 0.6) is 0 Å². The molecular weight excluding hydrogens is 490 g/mol. The number of anilines is 1. The molecule has 0 fully saturated rings. The summed E-state index contributed by atoms with van der Waals surface area (Å²) in [6, 6.07) is 17.0. The molecule has 5 nitrogen and oxygen atoms in total. The molecule has 0 aliphatic heterocycles. The van der Waals surface area contributed by atoms with Gasteiger partial charge in [0.25, 0.3) is 0 Å². The molecule has 1 aliphatic carbocycles. The monoisotopic (exact) mass is 533 g/mol. The highest BCUT2D eigenvalue weighted by Gasteiger charge is 2.29. The van der Waals surface area contributed by atoms with Gasteiger partial charge in [0.2, 0.25) is 11.8 Å². The summed E-state index contributed by atoms with van der Waals surface area (Å²) in [5.74, 6) is 0.601. The van der Waals surface area contributed by atoms with Gasteiger partial charge in [-0.1, -0.05) is 57.7 Å². The fraction of sp³-hybridized carbons (Fsp3) is 0.438. The molecule has 6 heteroatoms. The molecule has 0 unspecified atom stereocenters. The summed E-state index contributed by atoms with van der Waals surface area (Å²) in [7, 11) is 1.90. The van der Waals surface area contributed by atoms with Crippen molar-refractivity contribution in [2.45, 2.75) is 59.9 Å². The van der Waals surface area contributed by atoms with Crippen LogP contribution in [0, 0.1) is 12.8 Å². The van der Waals surface area contributed by atoms with Crippen LogP contribution in [0.1, 0.15) is 50.8 Å². The van der Waals surface area contributed by atoms with E-state index in [-0.39, 0.29) is 38.4 Å². The van der Waals surface area contributed by atoms with Gasteiger partial charge in [0, 0.05) is 25.3 Å². The minimum Gasteiger partial charge on any atom is -0.355 e. The second kappa shape index (κ2) is 13.6. The quantitative estimate of drug-likeness (QED) is 0.293. The maximum Gasteiger partial charge on any atom is 0.242 e. The fourth-order valence-corrected chi connectivity index (χ4v) is 5.70. The maximum atomic E-state index is 13.6. The van der Waals surface area contributed by atoms with Gasteiger partial charge in [-0.3, -0.25) is 9.59 Å². The van der Waals surface area contributed by atoms with Crippen molar-refractivity contribution in [2.24, 2.45) is 5.92 Å². The smallest absolute Gasteiger partial charge is 0.242 e. The predicted octanol–water partition coefficient (Wildman–Crippen LogP) is 6.34. The molecule has 0 radical (unpaired) electrons. The molecule has 38 heavy (non-hydrogen) atoms. The van der Waals surface area contributed by atoms with Crippen molar-refractivity contribution in [2.75, 3.05) is 31.6 Å². The van der Waals surface area contributed by atoms with E-state index < -0.39 is 0 Å². The zero-order chi connectivity index (χ0) is 26.4. The number of hydrogen-bond acceptors (Lipinski definition) is 4. The van der Waals surface area contributed by atoms with Gasteiger partial charge in [0.05, 0.1) is 13.1 Å². The zero-order valence-electron chi connectivity index (χ0n) is 22.5. The van der Waals surface area contributed by atoms with E-state index >= 15 is 0 Å². The Bertz CT molecular complexity index is 1180. The zero-order valence-corrected chi connectivity index (χ0v) is 23.3. The van der Waals surface area contributed by atoms with Gasteiger partial charge in [0.15, 0.2) is 0 Å². The van der Waals surface area contributed by atoms with Crippen molar-refractivity contribution in [1.29, 1.82) is 0 Å². The molecule has 2 aromatic carbocycles. The molecule has 4 rings (SSSR count). The summed E-state index contributed by atoms with van der Waals surface area (Å²) in [6.45, 7) is 7.40. The highest BCUT2D eigenvalue weighted by molar-refractivity contribution is 7.08. The van der Waals surface area contributed by atoms with Gasteiger partial charge in [-0.2, -0.15) is 11.3 Å². The molecule has 204 valence electrons. The van der Waals surface area contributed by atoms with Crippen LogP contribution < -0.4 is 10.2 Å². The summed E-state index contributed by atoms with van der Waals surface area (Å²) >= 11 is 1.66. The second-order valence-electron chi connectivity index (χ2n) is 10.6. The Morgan fingerprint density at radius 1 is 1.03 bits per heavy atom. The van der Waals surface area contributed by atoms with E-state index in [1.54, 1.807) is 11.3 Å². The first-order valence-electron chi connectivity index (χ1n) is 13.3. The van der Waals surface area contributed by atoms with E-state index in [0.717, 1.165) is 48.1 Å². The Balaban J connectivity index is 0.00000400. The van der Waals surface area contributed by atoms with E-state index in [0.29, 0.717) is 12.5 Å². The number of benzene rings is 2. The third-order valence-electron chi connectivity index (χ3n) is 7.32. The number of likely N-dealkylation sites (N-methyl/N-ethyl adjacent to an activating group) is 1. The highest BCUT2D eigenvalue weighted by Crippen LogP contribution is 2.30. The molecule has 0 saturated carbocycles.